The number of likely N-dealkylation sites (tertiary alicyclic amines) is 1. The van der Waals surface area contributed by atoms with Gasteiger partial charge in [0.05, 0.1) is 0 Å². The van der Waals surface area contributed by atoms with Gasteiger partial charge in [0.2, 0.25) is 0 Å². The molecule has 2 heteroatoms. The molecule has 14 heavy (non-hydrogen) atoms. The first-order valence-electron chi connectivity index (χ1n) is 4.90. The second-order valence-electron chi connectivity index (χ2n) is 4.21. The molecule has 1 rings (SSSR count). The van der Waals surface area contributed by atoms with Crippen molar-refractivity contribution < 1.29 is 5.11 Å². The van der Waals surface area contributed by atoms with Crippen LogP contribution in [0.1, 0.15) is 20.3 Å². The molecule has 1 aliphatic heterocycles. The van der Waals surface area contributed by atoms with Crippen molar-refractivity contribution >= 4 is 0 Å². The monoisotopic (exact) mass is 191 g/mol. The minimum absolute atomic E-state index is 0.143. The number of hydrogen-bond donors (Lipinski definition) is 1. The van der Waals surface area contributed by atoms with Crippen LogP contribution in [0.5, 0.6) is 0 Å². The summed E-state index contributed by atoms with van der Waals surface area (Å²) in [6.45, 7) is 4.96. The fourth-order valence-corrected chi connectivity index (χ4v) is 1.89. The summed E-state index contributed by atoms with van der Waals surface area (Å²) in [4.78, 5) is 2.23. The molecule has 0 bridgehead atoms. The smallest absolute Gasteiger partial charge is 0.131 e. The van der Waals surface area contributed by atoms with Crippen LogP contribution in [-0.4, -0.2) is 35.2 Å². The highest BCUT2D eigenvalue weighted by Gasteiger charge is 2.39. The predicted molar refractivity (Wildman–Crippen MR) is 57.4 cm³/mol. The molecule has 0 aromatic heterocycles. The molecule has 3 atom stereocenters. The average Bonchev–Trinajstić information content (AvgIpc) is 2.12. The molecular weight excluding hydrogens is 174 g/mol. The lowest BCUT2D eigenvalue weighted by atomic mass is 9.80. The molecule has 0 amide bonds. The van der Waals surface area contributed by atoms with Crippen LogP contribution in [0, 0.1) is 30.1 Å². The summed E-state index contributed by atoms with van der Waals surface area (Å²) in [6.07, 6.45) is 5.73. The molecule has 0 aliphatic carbocycles. The van der Waals surface area contributed by atoms with E-state index in [2.05, 4.69) is 36.6 Å². The maximum absolute atomic E-state index is 10.3. The molecule has 1 saturated heterocycles. The number of piperidine rings is 1. The van der Waals surface area contributed by atoms with Gasteiger partial charge < -0.3 is 10.0 Å². The Morgan fingerprint density at radius 2 is 2.14 bits per heavy atom. The van der Waals surface area contributed by atoms with Crippen molar-refractivity contribution in [3.63, 3.8) is 0 Å². The third-order valence-corrected chi connectivity index (χ3v) is 3.09. The van der Waals surface area contributed by atoms with Crippen LogP contribution in [0.4, 0.5) is 0 Å². The Hall–Kier alpha value is -0.960. The zero-order chi connectivity index (χ0) is 10.8. The van der Waals surface area contributed by atoms with E-state index in [9.17, 15) is 5.11 Å². The average molecular weight is 191 g/mol. The van der Waals surface area contributed by atoms with Gasteiger partial charge in [0, 0.05) is 24.9 Å². The molecule has 0 radical (unpaired) electrons. The summed E-state index contributed by atoms with van der Waals surface area (Å²) in [5.41, 5.74) is -0.904. The minimum Gasteiger partial charge on any atom is -0.377 e. The zero-order valence-electron chi connectivity index (χ0n) is 9.04. The summed E-state index contributed by atoms with van der Waals surface area (Å²) in [7, 11) is 2.06. The number of hydrogen-bond acceptors (Lipinski definition) is 2. The second kappa shape index (κ2) is 4.05. The van der Waals surface area contributed by atoms with E-state index in [-0.39, 0.29) is 5.92 Å². The Morgan fingerprint density at radius 3 is 2.71 bits per heavy atom. The molecule has 76 valence electrons. The lowest BCUT2D eigenvalue weighted by Gasteiger charge is -2.42. The Morgan fingerprint density at radius 1 is 1.50 bits per heavy atom. The van der Waals surface area contributed by atoms with Gasteiger partial charge in [-0.25, -0.2) is 0 Å². The lowest BCUT2D eigenvalue weighted by Crippen LogP contribution is -2.52. The quantitative estimate of drug-likeness (QED) is 0.570. The topological polar surface area (TPSA) is 23.5 Å². The normalized spacial score (nSPS) is 38.2. The summed E-state index contributed by atoms with van der Waals surface area (Å²) in [5, 5.41) is 10.3. The van der Waals surface area contributed by atoms with Gasteiger partial charge in [-0.2, -0.15) is 0 Å². The standard InChI is InChI=1S/C12H17NO/c1-5-6-7-12(14)8-11(3)13(4)9-10(12)2/h1,10-11,14H,8-9H2,2-4H3. The van der Waals surface area contributed by atoms with Gasteiger partial charge in [0.1, 0.15) is 5.60 Å². The van der Waals surface area contributed by atoms with Crippen LogP contribution in [0.2, 0.25) is 0 Å². The molecule has 1 heterocycles. The minimum atomic E-state index is -0.904. The Labute approximate surface area is 86.3 Å². The Balaban J connectivity index is 2.84. The maximum atomic E-state index is 10.3. The van der Waals surface area contributed by atoms with Crippen molar-refractivity contribution in [3.8, 4) is 24.2 Å². The van der Waals surface area contributed by atoms with Crippen LogP contribution in [0.3, 0.4) is 0 Å². The highest BCUT2D eigenvalue weighted by molar-refractivity contribution is 5.28. The summed E-state index contributed by atoms with van der Waals surface area (Å²) in [5.74, 6) is 7.72. The SMILES string of the molecule is C#CC#CC1(O)CC(C)N(C)CC1C. The van der Waals surface area contributed by atoms with Crippen molar-refractivity contribution in [2.24, 2.45) is 5.92 Å². The molecule has 0 aromatic carbocycles. The Kier molecular flexibility index (Phi) is 3.21. The molecule has 0 spiro atoms. The summed E-state index contributed by atoms with van der Waals surface area (Å²) in [6, 6.07) is 0.350. The van der Waals surface area contributed by atoms with E-state index in [4.69, 9.17) is 6.42 Å². The lowest BCUT2D eigenvalue weighted by molar-refractivity contribution is -0.0346. The van der Waals surface area contributed by atoms with Gasteiger partial charge in [0.25, 0.3) is 0 Å². The van der Waals surface area contributed by atoms with Crippen LogP contribution >= 0.6 is 0 Å². The van der Waals surface area contributed by atoms with Crippen molar-refractivity contribution in [3.05, 3.63) is 0 Å². The first kappa shape index (κ1) is 11.1. The van der Waals surface area contributed by atoms with Gasteiger partial charge >= 0.3 is 0 Å². The van der Waals surface area contributed by atoms with E-state index >= 15 is 0 Å². The highest BCUT2D eigenvalue weighted by Crippen LogP contribution is 2.30. The third-order valence-electron chi connectivity index (χ3n) is 3.09. The van der Waals surface area contributed by atoms with E-state index in [1.54, 1.807) is 0 Å². The summed E-state index contributed by atoms with van der Waals surface area (Å²) < 4.78 is 0. The van der Waals surface area contributed by atoms with E-state index in [0.29, 0.717) is 12.5 Å². The molecule has 1 N–H and O–H groups in total. The van der Waals surface area contributed by atoms with E-state index in [0.717, 1.165) is 6.54 Å². The Bertz CT molecular complexity index is 307. The van der Waals surface area contributed by atoms with Gasteiger partial charge in [-0.05, 0) is 25.8 Å². The van der Waals surface area contributed by atoms with E-state index < -0.39 is 5.60 Å². The van der Waals surface area contributed by atoms with E-state index in [1.165, 1.54) is 0 Å². The molecule has 0 aromatic rings. The molecule has 3 unspecified atom stereocenters. The fourth-order valence-electron chi connectivity index (χ4n) is 1.89. The van der Waals surface area contributed by atoms with Crippen molar-refractivity contribution in [1.29, 1.82) is 0 Å². The number of nitrogens with zero attached hydrogens (tertiary/aromatic N) is 1. The van der Waals surface area contributed by atoms with Gasteiger partial charge in [-0.1, -0.05) is 12.8 Å². The van der Waals surface area contributed by atoms with E-state index in [1.807, 2.05) is 6.92 Å². The first-order chi connectivity index (χ1) is 6.49. The van der Waals surface area contributed by atoms with Crippen LogP contribution < -0.4 is 0 Å². The van der Waals surface area contributed by atoms with Crippen molar-refractivity contribution in [2.45, 2.75) is 31.9 Å². The zero-order valence-corrected chi connectivity index (χ0v) is 9.04. The molecule has 0 saturated carbocycles. The highest BCUT2D eigenvalue weighted by atomic mass is 16.3. The van der Waals surface area contributed by atoms with Crippen LogP contribution in [0.25, 0.3) is 0 Å². The molecule has 1 aliphatic rings. The van der Waals surface area contributed by atoms with Gasteiger partial charge in [0.15, 0.2) is 0 Å². The maximum Gasteiger partial charge on any atom is 0.131 e. The van der Waals surface area contributed by atoms with Crippen LogP contribution in [-0.2, 0) is 0 Å². The van der Waals surface area contributed by atoms with Crippen molar-refractivity contribution in [1.82, 2.24) is 4.90 Å². The molecule has 1 fully saturated rings. The third kappa shape index (κ3) is 2.10. The molecular formula is C12H17NO. The summed E-state index contributed by atoms with van der Waals surface area (Å²) >= 11 is 0. The second-order valence-corrected chi connectivity index (χ2v) is 4.21. The number of rotatable bonds is 0. The first-order valence-corrected chi connectivity index (χ1v) is 4.90. The fraction of sp³-hybridized carbons (Fsp3) is 0.667. The van der Waals surface area contributed by atoms with Crippen LogP contribution in [0.15, 0.2) is 0 Å². The molecule has 2 nitrogen and oxygen atoms in total. The predicted octanol–water partition coefficient (Wildman–Crippen LogP) is 0.714. The number of aliphatic hydroxyl groups is 1. The largest absolute Gasteiger partial charge is 0.377 e. The number of terminal acetylenes is 1. The van der Waals surface area contributed by atoms with Gasteiger partial charge in [-0.3, -0.25) is 0 Å². The van der Waals surface area contributed by atoms with Crippen molar-refractivity contribution in [2.75, 3.05) is 13.6 Å². The van der Waals surface area contributed by atoms with Gasteiger partial charge in [-0.15, -0.1) is 6.42 Å².